The van der Waals surface area contributed by atoms with Crippen LogP contribution in [0, 0.1) is 31.6 Å². The third-order valence-corrected chi connectivity index (χ3v) is 19.5. The molecule has 6 heterocycles. The maximum atomic E-state index is 13.3. The van der Waals surface area contributed by atoms with Crippen LogP contribution in [0.5, 0.6) is 28.7 Å². The predicted molar refractivity (Wildman–Crippen MR) is 343 cm³/mol. The van der Waals surface area contributed by atoms with Gasteiger partial charge in [-0.25, -0.2) is 9.59 Å². The van der Waals surface area contributed by atoms with Gasteiger partial charge >= 0.3 is 11.9 Å². The van der Waals surface area contributed by atoms with Gasteiger partial charge < -0.3 is 50.7 Å². The maximum Gasteiger partial charge on any atom is 0.340 e. The van der Waals surface area contributed by atoms with Gasteiger partial charge in [0.1, 0.15) is 22.1 Å². The first-order valence-electron chi connectivity index (χ1n) is 29.5. The van der Waals surface area contributed by atoms with E-state index in [4.69, 9.17) is 29.4 Å². The molecule has 0 bridgehead atoms. The quantitative estimate of drug-likeness (QED) is 0.0218. The average molecular weight is 1290 g/mol. The van der Waals surface area contributed by atoms with Crippen molar-refractivity contribution >= 4 is 61.4 Å². The lowest BCUT2D eigenvalue weighted by atomic mass is 9.77. The number of thioether (sulfide) groups is 1. The van der Waals surface area contributed by atoms with E-state index in [2.05, 4.69) is 55.5 Å². The number of nitrogens with two attached hydrogens (primary N) is 1. The Morgan fingerprint density at radius 2 is 1.29 bits per heavy atom. The number of fused-ring (bicyclic) bond motifs is 13. The van der Waals surface area contributed by atoms with Gasteiger partial charge in [0.2, 0.25) is 5.91 Å². The number of hydrogen-bond acceptors (Lipinski definition) is 17. The number of carbonyl (C=O) groups is 4. The highest BCUT2D eigenvalue weighted by atomic mass is 32.2. The molecule has 0 aromatic heterocycles. The zero-order chi connectivity index (χ0) is 64.1. The third-order valence-electron chi connectivity index (χ3n) is 16.0. The Labute approximate surface area is 529 Å². The number of rotatable bonds is 15. The fourth-order valence-corrected chi connectivity index (χ4v) is 15.1. The largest absolute Gasteiger partial charge is 0.493 e. The van der Waals surface area contributed by atoms with Crippen LogP contribution in [-0.4, -0.2) is 92.5 Å². The second kappa shape index (κ2) is 26.0. The van der Waals surface area contributed by atoms with Gasteiger partial charge in [-0.3, -0.25) is 18.7 Å². The van der Waals surface area contributed by atoms with E-state index in [9.17, 15) is 45.1 Å². The fraction of sp³-hybridized carbons (Fsp3) is 0.373. The van der Waals surface area contributed by atoms with Crippen molar-refractivity contribution in [3.8, 4) is 28.7 Å². The first-order chi connectivity index (χ1) is 42.1. The smallest absolute Gasteiger partial charge is 0.340 e. The lowest BCUT2D eigenvalue weighted by molar-refractivity contribution is -0.121. The van der Waals surface area contributed by atoms with Crippen molar-refractivity contribution in [2.75, 3.05) is 31.2 Å². The van der Waals surface area contributed by atoms with Crippen LogP contribution in [0.1, 0.15) is 150 Å². The molecule has 6 aliphatic heterocycles. The lowest BCUT2D eigenvalue weighted by Crippen LogP contribution is -2.36. The molecular formula is C67H77N5O15S3. The normalized spacial score (nSPS) is 20.1. The number of ether oxygens (including phenoxy) is 5. The van der Waals surface area contributed by atoms with Gasteiger partial charge in [0.15, 0.2) is 27.6 Å². The number of hydrogen-bond donors (Lipinski definition) is 7. The third kappa shape index (κ3) is 12.8. The summed E-state index contributed by atoms with van der Waals surface area (Å²) in [6.45, 7) is 21.4. The molecular weight excluding hydrogens is 1210 g/mol. The van der Waals surface area contributed by atoms with E-state index in [1.54, 1.807) is 0 Å². The van der Waals surface area contributed by atoms with Crippen molar-refractivity contribution in [3.63, 3.8) is 0 Å². The molecule has 0 aliphatic carbocycles. The van der Waals surface area contributed by atoms with E-state index in [1.807, 2.05) is 93.2 Å². The Bertz CT molecular complexity index is 3990. The second-order valence-corrected chi connectivity index (χ2v) is 28.2. The molecule has 8 N–H and O–H groups in total. The van der Waals surface area contributed by atoms with Gasteiger partial charge in [-0.1, -0.05) is 110 Å². The molecule has 0 saturated carbocycles. The summed E-state index contributed by atoms with van der Waals surface area (Å²) < 4.78 is 99.8. The van der Waals surface area contributed by atoms with E-state index >= 15 is 0 Å². The van der Waals surface area contributed by atoms with Gasteiger partial charge in [-0.15, -0.1) is 0 Å². The van der Waals surface area contributed by atoms with Crippen LogP contribution in [0.15, 0.2) is 125 Å². The van der Waals surface area contributed by atoms with Crippen LogP contribution >= 0.6 is 11.8 Å². The molecule has 2 amide bonds. The van der Waals surface area contributed by atoms with Crippen LogP contribution in [0.3, 0.4) is 0 Å². The van der Waals surface area contributed by atoms with Crippen molar-refractivity contribution in [2.24, 2.45) is 17.8 Å². The summed E-state index contributed by atoms with van der Waals surface area (Å²) in [5.74, 6) is 2.76. The zero-order valence-corrected chi connectivity index (χ0v) is 53.1. The summed E-state index contributed by atoms with van der Waals surface area (Å²) in [7, 11) is -10.0. The van der Waals surface area contributed by atoms with Crippen LogP contribution in [0.25, 0.3) is 0 Å². The monoisotopic (exact) mass is 1290 g/mol. The number of carbonyl (C=O) groups excluding carboxylic acids is 4. The van der Waals surface area contributed by atoms with Crippen LogP contribution in [0.2, 0.25) is 0 Å². The number of nitrogen functional groups attached to an aromatic ring is 1. The number of aryl methyl sites for hydroxylation is 2. The number of amides is 2. The molecule has 12 rings (SSSR count). The SMILES string of the molecule is C.C=C1N[C@H]2[C@H](CS[C@H]2CCCCC(=O)NCC(C)C)N1.Cc1ccc2c(c1)Oc1cc(OCC(C)C)ccc1C21OC(=O)c2ccccc21.Cc1ccc2c(c1S(=O)(=O)O)Oc1c(ccc(N)c1S(=O)(=O)O)C21OC(=O)c2cc(C(=O)NCC(C)C)ccc21. The van der Waals surface area contributed by atoms with E-state index in [-0.39, 0.29) is 58.6 Å². The highest BCUT2D eigenvalue weighted by Gasteiger charge is 2.57. The molecule has 478 valence electrons. The highest BCUT2D eigenvalue weighted by molar-refractivity contribution is 8.00. The minimum absolute atomic E-state index is 0. The summed E-state index contributed by atoms with van der Waals surface area (Å²) in [6.07, 6.45) is 3.97. The lowest BCUT2D eigenvalue weighted by Gasteiger charge is -2.38. The molecule has 23 heteroatoms. The molecule has 20 nitrogen and oxygen atoms in total. The summed E-state index contributed by atoms with van der Waals surface area (Å²) in [6, 6.07) is 29.8. The van der Waals surface area contributed by atoms with Crippen molar-refractivity contribution < 1.29 is 68.8 Å². The van der Waals surface area contributed by atoms with E-state index < -0.39 is 70.3 Å². The predicted octanol–water partition coefficient (Wildman–Crippen LogP) is 11.1. The minimum Gasteiger partial charge on any atom is -0.493 e. The molecule has 6 aromatic carbocycles. The molecule has 2 saturated heterocycles. The summed E-state index contributed by atoms with van der Waals surface area (Å²) >= 11 is 2.04. The average Bonchev–Trinajstić information content (AvgIpc) is 1.41. The Morgan fingerprint density at radius 1 is 0.700 bits per heavy atom. The molecule has 5 atom stereocenters. The second-order valence-electron chi connectivity index (χ2n) is 24.2. The Kier molecular flexibility index (Phi) is 19.2. The van der Waals surface area contributed by atoms with Gasteiger partial charge in [-0.2, -0.15) is 28.6 Å². The van der Waals surface area contributed by atoms with Crippen molar-refractivity contribution in [2.45, 2.75) is 127 Å². The summed E-state index contributed by atoms with van der Waals surface area (Å²) in [5, 5.41) is 13.2. The van der Waals surface area contributed by atoms with E-state index in [0.29, 0.717) is 65.8 Å². The van der Waals surface area contributed by atoms with Gasteiger partial charge in [0.25, 0.3) is 26.1 Å². The first-order valence-corrected chi connectivity index (χ1v) is 33.4. The van der Waals surface area contributed by atoms with Crippen molar-refractivity contribution in [1.82, 2.24) is 21.3 Å². The number of nitrogens with one attached hydrogen (secondary N) is 4. The Hall–Kier alpha value is -8.09. The standard InChI is InChI=1S/C26H24N2O10S2.C25H22O4.C15H27N3OS.CH4/c1-12(2)11-28-24(29)14-5-7-16-15(10-14)25(30)38-26(16)17-6-4-13(3)22(39(31,32)33)20(17)37-21-18(26)8-9-19(27)23(21)40(34,35)36;1-15(2)14-27-17-9-11-21-23(13-17)28-22-12-16(3)8-10-20(22)25(21)19-7-5-4-6-18(19)24(26)29-25;1-10(2)8-16-14(19)7-5-4-6-13-15-12(9-20-13)17-11(3)18-15;/h4-10,12H,11,27H2,1-3H3,(H,28,29)(H,31,32,33)(H,34,35,36);4-13,15H,14H2,1-3H3;10,12-13,15,17-18H,3-9H2,1-2H3,(H,16,19);1H4/t;;12-,13-,15-;/m..0./s1. The topological polar surface area (TPSA) is 297 Å². The van der Waals surface area contributed by atoms with Gasteiger partial charge in [0.05, 0.1) is 41.3 Å². The number of unbranched alkanes of at least 4 members (excludes halogenated alkanes) is 1. The molecule has 6 aliphatic rings. The van der Waals surface area contributed by atoms with E-state index in [1.165, 1.54) is 49.7 Å². The van der Waals surface area contributed by atoms with Gasteiger partial charge in [-0.05, 0) is 104 Å². The number of anilines is 1. The molecule has 2 fully saturated rings. The maximum absolute atomic E-state index is 13.3. The molecule has 90 heavy (non-hydrogen) atoms. The van der Waals surface area contributed by atoms with Crippen LogP contribution < -0.4 is 41.2 Å². The molecule has 2 spiro atoms. The van der Waals surface area contributed by atoms with E-state index in [0.717, 1.165) is 65.0 Å². The number of esters is 2. The zero-order valence-electron chi connectivity index (χ0n) is 50.6. The van der Waals surface area contributed by atoms with Crippen LogP contribution in [-0.2, 0) is 45.7 Å². The first kappa shape index (κ1) is 66.3. The van der Waals surface area contributed by atoms with Crippen molar-refractivity contribution in [3.05, 3.63) is 177 Å². The molecule has 2 unspecified atom stereocenters. The Balaban J connectivity index is 0.000000169. The minimum atomic E-state index is -5.06. The summed E-state index contributed by atoms with van der Waals surface area (Å²) in [5.41, 5.74) is 6.75. The van der Waals surface area contributed by atoms with Gasteiger partial charge in [0, 0.05) is 75.5 Å². The Morgan fingerprint density at radius 3 is 1.97 bits per heavy atom. The van der Waals surface area contributed by atoms with Crippen LogP contribution in [0.4, 0.5) is 5.69 Å². The highest BCUT2D eigenvalue weighted by Crippen LogP contribution is 2.60. The summed E-state index contributed by atoms with van der Waals surface area (Å²) in [4.78, 5) is 48.9. The number of benzene rings is 6. The fourth-order valence-electron chi connectivity index (χ4n) is 11.9. The molecule has 0 radical (unpaired) electrons. The van der Waals surface area contributed by atoms with Crippen molar-refractivity contribution in [1.29, 1.82) is 0 Å². The molecule has 6 aromatic rings.